The van der Waals surface area contributed by atoms with Crippen molar-refractivity contribution < 1.29 is 4.79 Å². The van der Waals surface area contributed by atoms with E-state index in [2.05, 4.69) is 23.0 Å². The van der Waals surface area contributed by atoms with Gasteiger partial charge in [-0.25, -0.2) is 0 Å². The molecule has 1 atom stereocenters. The standard InChI is InChI=1S/C25H20N4O/c1-2-20-10-11-21(15-28-20)29-16-19(24-9-5-6-12-27-24)13-23(25(29)17-30)22-8-4-3-7-18(22)14-26/h3-13,15-17,25H,2H2,1H3. The minimum Gasteiger partial charge on any atom is -0.332 e. The molecule has 0 aliphatic carbocycles. The highest BCUT2D eigenvalue weighted by Crippen LogP contribution is 2.35. The normalized spacial score (nSPS) is 15.7. The van der Waals surface area contributed by atoms with Gasteiger partial charge in [0.1, 0.15) is 12.3 Å². The molecular formula is C25H20N4O. The Balaban J connectivity index is 1.90. The highest BCUT2D eigenvalue weighted by atomic mass is 16.1. The van der Waals surface area contributed by atoms with E-state index in [9.17, 15) is 10.1 Å². The van der Waals surface area contributed by atoms with E-state index < -0.39 is 6.04 Å². The third kappa shape index (κ3) is 3.63. The second kappa shape index (κ2) is 8.54. The van der Waals surface area contributed by atoms with Gasteiger partial charge in [-0.15, -0.1) is 0 Å². The quantitative estimate of drug-likeness (QED) is 0.601. The molecule has 0 radical (unpaired) electrons. The van der Waals surface area contributed by atoms with Crippen LogP contribution in [0.25, 0.3) is 11.1 Å². The Hall–Kier alpha value is -4.04. The molecule has 3 heterocycles. The number of nitriles is 1. The number of carbonyl (C=O) groups excluding carboxylic acids is 1. The summed E-state index contributed by atoms with van der Waals surface area (Å²) in [4.78, 5) is 23.1. The molecule has 4 rings (SSSR count). The third-order valence-electron chi connectivity index (χ3n) is 5.13. The van der Waals surface area contributed by atoms with Gasteiger partial charge in [0.15, 0.2) is 0 Å². The fraction of sp³-hybridized carbons (Fsp3) is 0.120. The third-order valence-corrected chi connectivity index (χ3v) is 5.13. The van der Waals surface area contributed by atoms with Crippen molar-refractivity contribution >= 4 is 23.1 Å². The maximum atomic E-state index is 12.3. The Kier molecular flexibility index (Phi) is 5.49. The Labute approximate surface area is 175 Å². The van der Waals surface area contributed by atoms with Crippen molar-refractivity contribution in [1.82, 2.24) is 9.97 Å². The lowest BCUT2D eigenvalue weighted by Crippen LogP contribution is -2.36. The number of hydrogen-bond donors (Lipinski definition) is 0. The first-order valence-electron chi connectivity index (χ1n) is 9.78. The summed E-state index contributed by atoms with van der Waals surface area (Å²) >= 11 is 0. The van der Waals surface area contributed by atoms with Crippen LogP contribution in [0, 0.1) is 11.3 Å². The van der Waals surface area contributed by atoms with Crippen molar-refractivity contribution in [3.05, 3.63) is 102 Å². The van der Waals surface area contributed by atoms with Crippen LogP contribution in [0.4, 0.5) is 5.69 Å². The van der Waals surface area contributed by atoms with Gasteiger partial charge in [-0.2, -0.15) is 5.26 Å². The second-order valence-corrected chi connectivity index (χ2v) is 6.91. The molecule has 146 valence electrons. The van der Waals surface area contributed by atoms with E-state index in [0.717, 1.165) is 46.5 Å². The van der Waals surface area contributed by atoms with Gasteiger partial charge in [-0.05, 0) is 54.0 Å². The summed E-state index contributed by atoms with van der Waals surface area (Å²) in [6.45, 7) is 2.05. The summed E-state index contributed by atoms with van der Waals surface area (Å²) in [6, 6.07) is 18.6. The van der Waals surface area contributed by atoms with Gasteiger partial charge in [-0.1, -0.05) is 31.2 Å². The molecule has 1 aromatic carbocycles. The van der Waals surface area contributed by atoms with Crippen LogP contribution >= 0.6 is 0 Å². The zero-order valence-electron chi connectivity index (χ0n) is 16.6. The summed E-state index contributed by atoms with van der Waals surface area (Å²) in [5, 5.41) is 9.62. The number of carbonyl (C=O) groups is 1. The maximum absolute atomic E-state index is 12.3. The lowest BCUT2D eigenvalue weighted by atomic mass is 9.89. The molecule has 0 spiro atoms. The van der Waals surface area contributed by atoms with E-state index >= 15 is 0 Å². The molecule has 0 bridgehead atoms. The van der Waals surface area contributed by atoms with Crippen molar-refractivity contribution in [1.29, 1.82) is 5.26 Å². The van der Waals surface area contributed by atoms with Gasteiger partial charge in [0.2, 0.25) is 0 Å². The number of nitrogens with zero attached hydrogens (tertiary/aromatic N) is 4. The summed E-state index contributed by atoms with van der Waals surface area (Å²) in [5.41, 5.74) is 5.45. The Morgan fingerprint density at radius 3 is 2.60 bits per heavy atom. The number of aromatic nitrogens is 2. The molecule has 2 aromatic heterocycles. The van der Waals surface area contributed by atoms with Crippen LogP contribution in [0.15, 0.2) is 79.3 Å². The van der Waals surface area contributed by atoms with Gasteiger partial charge < -0.3 is 9.69 Å². The molecule has 0 fully saturated rings. The number of pyridine rings is 2. The van der Waals surface area contributed by atoms with Crippen molar-refractivity contribution in [2.45, 2.75) is 19.4 Å². The Morgan fingerprint density at radius 2 is 1.93 bits per heavy atom. The van der Waals surface area contributed by atoms with Crippen LogP contribution in [0.3, 0.4) is 0 Å². The Bertz CT molecular complexity index is 1160. The highest BCUT2D eigenvalue weighted by molar-refractivity contribution is 5.99. The van der Waals surface area contributed by atoms with Crippen molar-refractivity contribution in [3.8, 4) is 6.07 Å². The Morgan fingerprint density at radius 1 is 1.10 bits per heavy atom. The number of hydrogen-bond acceptors (Lipinski definition) is 5. The molecule has 30 heavy (non-hydrogen) atoms. The number of aldehydes is 1. The number of benzene rings is 1. The molecule has 5 nitrogen and oxygen atoms in total. The smallest absolute Gasteiger partial charge is 0.147 e. The molecule has 5 heteroatoms. The minimum absolute atomic E-state index is 0.525. The molecule has 1 aliphatic rings. The predicted molar refractivity (Wildman–Crippen MR) is 117 cm³/mol. The SMILES string of the molecule is CCc1ccc(N2C=C(c3ccccn3)C=C(c3ccccc3C#N)C2C=O)cn1. The number of allylic oxidation sites excluding steroid dienone is 2. The van der Waals surface area contributed by atoms with Crippen molar-refractivity contribution in [2.75, 3.05) is 4.90 Å². The van der Waals surface area contributed by atoms with Gasteiger partial charge >= 0.3 is 0 Å². The molecule has 1 aliphatic heterocycles. The van der Waals surface area contributed by atoms with Crippen LogP contribution < -0.4 is 4.90 Å². The van der Waals surface area contributed by atoms with Gasteiger partial charge in [0.05, 0.1) is 29.2 Å². The zero-order valence-corrected chi connectivity index (χ0v) is 16.6. The van der Waals surface area contributed by atoms with Crippen LogP contribution in [-0.4, -0.2) is 22.3 Å². The lowest BCUT2D eigenvalue weighted by molar-refractivity contribution is -0.107. The molecular weight excluding hydrogens is 372 g/mol. The lowest BCUT2D eigenvalue weighted by Gasteiger charge is -2.33. The zero-order chi connectivity index (χ0) is 20.9. The van der Waals surface area contributed by atoms with E-state index in [4.69, 9.17) is 0 Å². The van der Waals surface area contributed by atoms with E-state index in [1.54, 1.807) is 18.5 Å². The first-order chi connectivity index (χ1) is 14.7. The first-order valence-corrected chi connectivity index (χ1v) is 9.78. The van der Waals surface area contributed by atoms with Crippen molar-refractivity contribution in [3.63, 3.8) is 0 Å². The highest BCUT2D eigenvalue weighted by Gasteiger charge is 2.28. The van der Waals surface area contributed by atoms with Gasteiger partial charge in [-0.3, -0.25) is 9.97 Å². The average Bonchev–Trinajstić information content (AvgIpc) is 2.83. The van der Waals surface area contributed by atoms with Gasteiger partial charge in [0, 0.05) is 23.7 Å². The van der Waals surface area contributed by atoms with Crippen LogP contribution in [0.5, 0.6) is 0 Å². The maximum Gasteiger partial charge on any atom is 0.147 e. The topological polar surface area (TPSA) is 69.9 Å². The minimum atomic E-state index is -0.582. The molecule has 3 aromatic rings. The summed E-state index contributed by atoms with van der Waals surface area (Å²) in [6.07, 6.45) is 9.12. The number of anilines is 1. The van der Waals surface area contributed by atoms with Crippen LogP contribution in [0.2, 0.25) is 0 Å². The monoisotopic (exact) mass is 392 g/mol. The largest absolute Gasteiger partial charge is 0.332 e. The first kappa shape index (κ1) is 19.3. The number of rotatable bonds is 5. The molecule has 0 amide bonds. The van der Waals surface area contributed by atoms with E-state index in [0.29, 0.717) is 5.56 Å². The molecule has 0 saturated carbocycles. The summed E-state index contributed by atoms with van der Waals surface area (Å²) < 4.78 is 0. The molecule has 1 unspecified atom stereocenters. The average molecular weight is 392 g/mol. The summed E-state index contributed by atoms with van der Waals surface area (Å²) in [7, 11) is 0. The van der Waals surface area contributed by atoms with E-state index in [1.165, 1.54) is 0 Å². The molecule has 0 saturated heterocycles. The summed E-state index contributed by atoms with van der Waals surface area (Å²) in [5.74, 6) is 0. The fourth-order valence-corrected chi connectivity index (χ4v) is 3.57. The second-order valence-electron chi connectivity index (χ2n) is 6.91. The van der Waals surface area contributed by atoms with Crippen LogP contribution in [0.1, 0.15) is 29.4 Å². The van der Waals surface area contributed by atoms with E-state index in [-0.39, 0.29) is 0 Å². The fourth-order valence-electron chi connectivity index (χ4n) is 3.57. The predicted octanol–water partition coefficient (Wildman–Crippen LogP) is 4.42. The number of aryl methyl sites for hydroxylation is 1. The van der Waals surface area contributed by atoms with E-state index in [1.807, 2.05) is 65.7 Å². The molecule has 0 N–H and O–H groups in total. The van der Waals surface area contributed by atoms with Crippen molar-refractivity contribution in [2.24, 2.45) is 0 Å². The van der Waals surface area contributed by atoms with Crippen LogP contribution in [-0.2, 0) is 11.2 Å². The van der Waals surface area contributed by atoms with Gasteiger partial charge in [0.25, 0.3) is 0 Å².